The SMILES string of the molecule is Cc1cc(NCc2cn(C)c(=O)n(C)c2=O)c(C)cc1O. The van der Waals surface area contributed by atoms with Gasteiger partial charge in [-0.05, 0) is 37.1 Å². The lowest BCUT2D eigenvalue weighted by molar-refractivity contribution is 0.471. The van der Waals surface area contributed by atoms with Gasteiger partial charge in [-0.25, -0.2) is 4.79 Å². The molecule has 2 N–H and O–H groups in total. The topological polar surface area (TPSA) is 76.3 Å². The monoisotopic (exact) mass is 289 g/mol. The Bertz CT molecular complexity index is 803. The van der Waals surface area contributed by atoms with Gasteiger partial charge in [0.1, 0.15) is 5.75 Å². The normalized spacial score (nSPS) is 10.7. The van der Waals surface area contributed by atoms with E-state index in [0.717, 1.165) is 21.4 Å². The van der Waals surface area contributed by atoms with Crippen LogP contribution < -0.4 is 16.6 Å². The second kappa shape index (κ2) is 5.47. The average molecular weight is 289 g/mol. The Morgan fingerprint density at radius 2 is 1.81 bits per heavy atom. The molecule has 0 aliphatic carbocycles. The number of phenols is 1. The molecule has 6 heteroatoms. The minimum absolute atomic E-state index is 0.246. The van der Waals surface area contributed by atoms with E-state index < -0.39 is 0 Å². The van der Waals surface area contributed by atoms with Crippen LogP contribution in [0.1, 0.15) is 16.7 Å². The Morgan fingerprint density at radius 3 is 2.48 bits per heavy atom. The van der Waals surface area contributed by atoms with Crippen molar-refractivity contribution in [3.05, 3.63) is 55.9 Å². The number of aromatic hydroxyl groups is 1. The fraction of sp³-hybridized carbons (Fsp3) is 0.333. The molecule has 0 aliphatic heterocycles. The largest absolute Gasteiger partial charge is 0.508 e. The Balaban J connectivity index is 2.31. The van der Waals surface area contributed by atoms with Crippen LogP contribution in [-0.2, 0) is 20.6 Å². The van der Waals surface area contributed by atoms with Crippen LogP contribution in [0.25, 0.3) is 0 Å². The van der Waals surface area contributed by atoms with Crippen LogP contribution in [0.3, 0.4) is 0 Å². The maximum Gasteiger partial charge on any atom is 0.330 e. The van der Waals surface area contributed by atoms with Crippen molar-refractivity contribution in [1.82, 2.24) is 9.13 Å². The number of benzene rings is 1. The summed E-state index contributed by atoms with van der Waals surface area (Å²) >= 11 is 0. The molecule has 1 aromatic carbocycles. The van der Waals surface area contributed by atoms with E-state index in [9.17, 15) is 14.7 Å². The molecular weight excluding hydrogens is 270 g/mol. The highest BCUT2D eigenvalue weighted by Crippen LogP contribution is 2.25. The zero-order valence-electron chi connectivity index (χ0n) is 12.6. The van der Waals surface area contributed by atoms with Crippen LogP contribution in [0.2, 0.25) is 0 Å². The zero-order chi connectivity index (χ0) is 15.7. The minimum atomic E-state index is -0.347. The van der Waals surface area contributed by atoms with Crippen molar-refractivity contribution in [3.8, 4) is 5.75 Å². The predicted molar refractivity (Wildman–Crippen MR) is 81.8 cm³/mol. The number of phenolic OH excluding ortho intramolecular Hbond substituents is 1. The number of hydrogen-bond acceptors (Lipinski definition) is 4. The highest BCUT2D eigenvalue weighted by atomic mass is 16.3. The smallest absolute Gasteiger partial charge is 0.330 e. The first-order valence-electron chi connectivity index (χ1n) is 6.61. The van der Waals surface area contributed by atoms with Crippen molar-refractivity contribution >= 4 is 5.69 Å². The summed E-state index contributed by atoms with van der Waals surface area (Å²) < 4.78 is 2.47. The highest BCUT2D eigenvalue weighted by Gasteiger charge is 2.08. The summed E-state index contributed by atoms with van der Waals surface area (Å²) in [6, 6.07) is 3.51. The molecule has 2 aromatic rings. The van der Waals surface area contributed by atoms with E-state index in [2.05, 4.69) is 5.32 Å². The first-order valence-corrected chi connectivity index (χ1v) is 6.61. The zero-order valence-corrected chi connectivity index (χ0v) is 12.6. The summed E-state index contributed by atoms with van der Waals surface area (Å²) in [5, 5.41) is 12.8. The van der Waals surface area contributed by atoms with E-state index in [1.54, 1.807) is 19.3 Å². The first kappa shape index (κ1) is 14.9. The van der Waals surface area contributed by atoms with Gasteiger partial charge in [-0.3, -0.25) is 9.36 Å². The van der Waals surface area contributed by atoms with Gasteiger partial charge in [-0.2, -0.15) is 0 Å². The molecule has 0 saturated heterocycles. The molecule has 112 valence electrons. The van der Waals surface area contributed by atoms with Gasteiger partial charge in [-0.1, -0.05) is 0 Å². The maximum absolute atomic E-state index is 12.0. The lowest BCUT2D eigenvalue weighted by Gasteiger charge is -2.12. The van der Waals surface area contributed by atoms with Crippen LogP contribution in [-0.4, -0.2) is 14.2 Å². The molecule has 0 aliphatic rings. The molecule has 0 bridgehead atoms. The Kier molecular flexibility index (Phi) is 3.88. The summed E-state index contributed by atoms with van der Waals surface area (Å²) in [7, 11) is 3.07. The van der Waals surface area contributed by atoms with Gasteiger partial charge in [-0.15, -0.1) is 0 Å². The number of aromatic nitrogens is 2. The number of rotatable bonds is 3. The van der Waals surface area contributed by atoms with Crippen LogP contribution in [0.15, 0.2) is 27.9 Å². The van der Waals surface area contributed by atoms with E-state index in [-0.39, 0.29) is 17.0 Å². The Labute approximate surface area is 122 Å². The number of hydrogen-bond donors (Lipinski definition) is 2. The van der Waals surface area contributed by atoms with Crippen molar-refractivity contribution in [1.29, 1.82) is 0 Å². The molecule has 6 nitrogen and oxygen atoms in total. The molecule has 0 spiro atoms. The van der Waals surface area contributed by atoms with E-state index in [0.29, 0.717) is 12.1 Å². The van der Waals surface area contributed by atoms with Crippen LogP contribution in [0, 0.1) is 13.8 Å². The molecule has 0 fully saturated rings. The van der Waals surface area contributed by atoms with E-state index in [1.165, 1.54) is 11.6 Å². The maximum atomic E-state index is 12.0. The molecule has 21 heavy (non-hydrogen) atoms. The second-order valence-electron chi connectivity index (χ2n) is 5.22. The number of aryl methyl sites for hydroxylation is 3. The third kappa shape index (κ3) is 2.84. The Hall–Kier alpha value is -2.50. The predicted octanol–water partition coefficient (Wildman–Crippen LogP) is 1.02. The van der Waals surface area contributed by atoms with Crippen molar-refractivity contribution in [2.75, 3.05) is 5.32 Å². The average Bonchev–Trinajstić information content (AvgIpc) is 2.44. The van der Waals surface area contributed by atoms with Gasteiger partial charge in [0.15, 0.2) is 0 Å². The van der Waals surface area contributed by atoms with Gasteiger partial charge in [0.05, 0.1) is 5.56 Å². The van der Waals surface area contributed by atoms with Gasteiger partial charge in [0.25, 0.3) is 5.56 Å². The number of nitrogens with one attached hydrogen (secondary N) is 1. The lowest BCUT2D eigenvalue weighted by atomic mass is 10.1. The quantitative estimate of drug-likeness (QED) is 0.827. The van der Waals surface area contributed by atoms with Crippen molar-refractivity contribution in [2.45, 2.75) is 20.4 Å². The molecule has 2 rings (SSSR count). The summed E-state index contributed by atoms with van der Waals surface area (Å²) in [4.78, 5) is 23.7. The highest BCUT2D eigenvalue weighted by molar-refractivity contribution is 5.56. The second-order valence-corrected chi connectivity index (χ2v) is 5.22. The van der Waals surface area contributed by atoms with Crippen LogP contribution >= 0.6 is 0 Å². The molecule has 0 saturated carbocycles. The van der Waals surface area contributed by atoms with Gasteiger partial charge >= 0.3 is 5.69 Å². The fourth-order valence-electron chi connectivity index (χ4n) is 2.19. The summed E-state index contributed by atoms with van der Waals surface area (Å²) in [6.45, 7) is 4.00. The third-order valence-electron chi connectivity index (χ3n) is 3.53. The summed E-state index contributed by atoms with van der Waals surface area (Å²) in [5.74, 6) is 0.246. The van der Waals surface area contributed by atoms with E-state index in [1.807, 2.05) is 19.9 Å². The standard InChI is InChI=1S/C15H19N3O3/c1-9-6-13(19)10(2)5-12(9)16-7-11-8-17(3)15(21)18(4)14(11)20/h5-6,8,16,19H,7H2,1-4H3. The molecule has 0 unspecified atom stereocenters. The molecule has 0 radical (unpaired) electrons. The summed E-state index contributed by atoms with van der Waals surface area (Å²) in [6.07, 6.45) is 1.54. The first-order chi connectivity index (χ1) is 9.81. The minimum Gasteiger partial charge on any atom is -0.508 e. The van der Waals surface area contributed by atoms with Gasteiger partial charge in [0.2, 0.25) is 0 Å². The number of anilines is 1. The van der Waals surface area contributed by atoms with E-state index in [4.69, 9.17) is 0 Å². The summed E-state index contributed by atoms with van der Waals surface area (Å²) in [5.41, 5.74) is 2.35. The molecule has 0 amide bonds. The molecular formula is C15H19N3O3. The van der Waals surface area contributed by atoms with Crippen LogP contribution in [0.5, 0.6) is 5.75 Å². The van der Waals surface area contributed by atoms with Crippen molar-refractivity contribution < 1.29 is 5.11 Å². The van der Waals surface area contributed by atoms with Gasteiger partial charge < -0.3 is 15.0 Å². The van der Waals surface area contributed by atoms with Crippen molar-refractivity contribution in [3.63, 3.8) is 0 Å². The molecule has 0 atom stereocenters. The Morgan fingerprint density at radius 1 is 1.14 bits per heavy atom. The molecule has 1 heterocycles. The van der Waals surface area contributed by atoms with E-state index >= 15 is 0 Å². The van der Waals surface area contributed by atoms with Crippen LogP contribution in [0.4, 0.5) is 5.69 Å². The van der Waals surface area contributed by atoms with Crippen molar-refractivity contribution in [2.24, 2.45) is 14.1 Å². The third-order valence-corrected chi connectivity index (χ3v) is 3.53. The molecule has 1 aromatic heterocycles. The lowest BCUT2D eigenvalue weighted by Crippen LogP contribution is -2.38. The fourth-order valence-corrected chi connectivity index (χ4v) is 2.19. The van der Waals surface area contributed by atoms with Gasteiger partial charge in [0, 0.05) is 32.5 Å². The number of nitrogens with zero attached hydrogens (tertiary/aromatic N) is 2.